The molecule has 19 heavy (non-hydrogen) atoms. The molecule has 1 atom stereocenters. The van der Waals surface area contributed by atoms with E-state index in [0.29, 0.717) is 26.2 Å². The maximum Gasteiger partial charge on any atom is 0.235 e. The lowest BCUT2D eigenvalue weighted by atomic mass is 10.3. The van der Waals surface area contributed by atoms with Crippen molar-refractivity contribution in [1.29, 1.82) is 0 Å². The fourth-order valence-corrected chi connectivity index (χ4v) is 3.03. The second kappa shape index (κ2) is 6.61. The van der Waals surface area contributed by atoms with Crippen LogP contribution in [0, 0.1) is 0 Å². The molecule has 1 aliphatic heterocycles. The number of rotatable bonds is 4. The van der Waals surface area contributed by atoms with Crippen molar-refractivity contribution in [2.24, 2.45) is 0 Å². The van der Waals surface area contributed by atoms with Crippen LogP contribution in [0.25, 0.3) is 0 Å². The van der Waals surface area contributed by atoms with Gasteiger partial charge in [0.2, 0.25) is 12.3 Å². The van der Waals surface area contributed by atoms with Crippen molar-refractivity contribution < 1.29 is 9.59 Å². The van der Waals surface area contributed by atoms with Crippen LogP contribution >= 0.6 is 11.8 Å². The number of thioether (sulfide) groups is 1. The van der Waals surface area contributed by atoms with Crippen LogP contribution in [0.15, 0.2) is 35.2 Å². The monoisotopic (exact) mass is 278 g/mol. The minimum Gasteiger partial charge on any atom is -0.342 e. The fourth-order valence-electron chi connectivity index (χ4n) is 2.06. The van der Waals surface area contributed by atoms with Gasteiger partial charge in [0.1, 0.15) is 0 Å². The SMILES string of the molecule is CC(Sc1ccccc1)C(=O)N1CCN(C=O)CC1. The Kier molecular flexibility index (Phi) is 4.85. The van der Waals surface area contributed by atoms with E-state index in [0.717, 1.165) is 11.3 Å². The van der Waals surface area contributed by atoms with Crippen molar-refractivity contribution >= 4 is 24.1 Å². The van der Waals surface area contributed by atoms with Crippen LogP contribution in [-0.2, 0) is 9.59 Å². The summed E-state index contributed by atoms with van der Waals surface area (Å²) >= 11 is 1.58. The van der Waals surface area contributed by atoms with Crippen LogP contribution in [-0.4, -0.2) is 53.5 Å². The van der Waals surface area contributed by atoms with Crippen LogP contribution in [0.3, 0.4) is 0 Å². The maximum absolute atomic E-state index is 12.3. The van der Waals surface area contributed by atoms with E-state index in [4.69, 9.17) is 0 Å². The number of carbonyl (C=O) groups is 2. The van der Waals surface area contributed by atoms with Gasteiger partial charge in [-0.1, -0.05) is 18.2 Å². The van der Waals surface area contributed by atoms with E-state index in [1.54, 1.807) is 16.7 Å². The lowest BCUT2D eigenvalue weighted by Crippen LogP contribution is -2.50. The summed E-state index contributed by atoms with van der Waals surface area (Å²) in [6, 6.07) is 9.94. The standard InChI is InChI=1S/C14H18N2O2S/c1-12(19-13-5-3-2-4-6-13)14(18)16-9-7-15(11-17)8-10-16/h2-6,11-12H,7-10H2,1H3. The van der Waals surface area contributed by atoms with Gasteiger partial charge in [0, 0.05) is 31.1 Å². The highest BCUT2D eigenvalue weighted by Gasteiger charge is 2.24. The molecule has 102 valence electrons. The number of nitrogens with zero attached hydrogens (tertiary/aromatic N) is 2. The molecule has 0 aliphatic carbocycles. The summed E-state index contributed by atoms with van der Waals surface area (Å²) in [4.78, 5) is 27.6. The van der Waals surface area contributed by atoms with Gasteiger partial charge in [-0.2, -0.15) is 0 Å². The zero-order chi connectivity index (χ0) is 13.7. The molecule has 0 saturated carbocycles. The van der Waals surface area contributed by atoms with Crippen molar-refractivity contribution in [2.45, 2.75) is 17.1 Å². The molecule has 1 aromatic carbocycles. The summed E-state index contributed by atoms with van der Waals surface area (Å²) in [5, 5.41) is -0.0924. The number of carbonyl (C=O) groups excluding carboxylic acids is 2. The summed E-state index contributed by atoms with van der Waals surface area (Å²) in [6.45, 7) is 4.48. The van der Waals surface area contributed by atoms with E-state index in [2.05, 4.69) is 0 Å². The Labute approximate surface area is 117 Å². The first-order valence-corrected chi connectivity index (χ1v) is 7.28. The summed E-state index contributed by atoms with van der Waals surface area (Å²) < 4.78 is 0. The Balaban J connectivity index is 1.87. The van der Waals surface area contributed by atoms with Gasteiger partial charge >= 0.3 is 0 Å². The molecule has 0 spiro atoms. The highest BCUT2D eigenvalue weighted by atomic mass is 32.2. The van der Waals surface area contributed by atoms with Gasteiger partial charge in [-0.15, -0.1) is 11.8 Å². The van der Waals surface area contributed by atoms with Crippen LogP contribution < -0.4 is 0 Å². The maximum atomic E-state index is 12.3. The number of hydrogen-bond acceptors (Lipinski definition) is 3. The molecule has 1 fully saturated rings. The number of benzene rings is 1. The summed E-state index contributed by atoms with van der Waals surface area (Å²) in [6.07, 6.45) is 0.851. The first kappa shape index (κ1) is 13.9. The molecule has 0 bridgehead atoms. The van der Waals surface area contributed by atoms with E-state index in [1.807, 2.05) is 42.2 Å². The van der Waals surface area contributed by atoms with Gasteiger partial charge in [0.15, 0.2) is 0 Å². The molecule has 2 rings (SSSR count). The quantitative estimate of drug-likeness (QED) is 0.618. The molecule has 5 heteroatoms. The summed E-state index contributed by atoms with van der Waals surface area (Å²) in [5.74, 6) is 0.152. The highest BCUT2D eigenvalue weighted by Crippen LogP contribution is 2.24. The average Bonchev–Trinajstić information content (AvgIpc) is 2.47. The predicted molar refractivity (Wildman–Crippen MR) is 76.0 cm³/mol. The molecule has 4 nitrogen and oxygen atoms in total. The molecule has 2 amide bonds. The van der Waals surface area contributed by atoms with Gasteiger partial charge in [0.25, 0.3) is 0 Å². The lowest BCUT2D eigenvalue weighted by molar-refractivity contribution is -0.134. The van der Waals surface area contributed by atoms with Gasteiger partial charge in [0.05, 0.1) is 5.25 Å². The van der Waals surface area contributed by atoms with E-state index in [9.17, 15) is 9.59 Å². The largest absolute Gasteiger partial charge is 0.342 e. The molecule has 0 radical (unpaired) electrons. The van der Waals surface area contributed by atoms with Gasteiger partial charge in [-0.3, -0.25) is 9.59 Å². The first-order valence-electron chi connectivity index (χ1n) is 6.40. The van der Waals surface area contributed by atoms with Crippen LogP contribution in [0.4, 0.5) is 0 Å². The van der Waals surface area contributed by atoms with Gasteiger partial charge in [-0.25, -0.2) is 0 Å². The van der Waals surface area contributed by atoms with Crippen molar-refractivity contribution in [3.05, 3.63) is 30.3 Å². The molecule has 0 aromatic heterocycles. The Morgan fingerprint density at radius 1 is 1.21 bits per heavy atom. The minimum absolute atomic E-state index is 0.0924. The number of hydrogen-bond donors (Lipinski definition) is 0. The third-order valence-corrected chi connectivity index (χ3v) is 4.28. The molecule has 1 aliphatic rings. The van der Waals surface area contributed by atoms with Crippen molar-refractivity contribution in [3.8, 4) is 0 Å². The second-order valence-electron chi connectivity index (χ2n) is 4.54. The van der Waals surface area contributed by atoms with Crippen molar-refractivity contribution in [2.75, 3.05) is 26.2 Å². The van der Waals surface area contributed by atoms with Crippen molar-refractivity contribution in [3.63, 3.8) is 0 Å². The molecular formula is C14H18N2O2S. The molecule has 1 unspecified atom stereocenters. The summed E-state index contributed by atoms with van der Waals surface area (Å²) in [5.41, 5.74) is 0. The van der Waals surface area contributed by atoms with Gasteiger partial charge < -0.3 is 9.80 Å². The molecule has 0 N–H and O–H groups in total. The van der Waals surface area contributed by atoms with E-state index >= 15 is 0 Å². The zero-order valence-electron chi connectivity index (χ0n) is 11.0. The van der Waals surface area contributed by atoms with E-state index in [1.165, 1.54) is 0 Å². The molecule has 1 aromatic rings. The van der Waals surface area contributed by atoms with Crippen LogP contribution in [0.2, 0.25) is 0 Å². The van der Waals surface area contributed by atoms with E-state index in [-0.39, 0.29) is 11.2 Å². The molecular weight excluding hydrogens is 260 g/mol. The molecule has 1 saturated heterocycles. The Morgan fingerprint density at radius 3 is 2.42 bits per heavy atom. The predicted octanol–water partition coefficient (Wildman–Crippen LogP) is 1.47. The number of piperazine rings is 1. The zero-order valence-corrected chi connectivity index (χ0v) is 11.8. The third kappa shape index (κ3) is 3.73. The Morgan fingerprint density at radius 2 is 1.84 bits per heavy atom. The van der Waals surface area contributed by atoms with Crippen LogP contribution in [0.5, 0.6) is 0 Å². The first-order chi connectivity index (χ1) is 9.20. The third-order valence-electron chi connectivity index (χ3n) is 3.18. The van der Waals surface area contributed by atoms with E-state index < -0.39 is 0 Å². The number of amides is 2. The topological polar surface area (TPSA) is 40.6 Å². The summed E-state index contributed by atoms with van der Waals surface area (Å²) in [7, 11) is 0. The van der Waals surface area contributed by atoms with Gasteiger partial charge in [-0.05, 0) is 19.1 Å². The minimum atomic E-state index is -0.0924. The Bertz CT molecular complexity index is 430. The average molecular weight is 278 g/mol. The van der Waals surface area contributed by atoms with Crippen molar-refractivity contribution in [1.82, 2.24) is 9.80 Å². The fraction of sp³-hybridized carbons (Fsp3) is 0.429. The normalized spacial score (nSPS) is 17.1. The van der Waals surface area contributed by atoms with Crippen LogP contribution in [0.1, 0.15) is 6.92 Å². The second-order valence-corrected chi connectivity index (χ2v) is 5.95. The lowest BCUT2D eigenvalue weighted by Gasteiger charge is -2.33. The Hall–Kier alpha value is -1.49. The smallest absolute Gasteiger partial charge is 0.235 e. The highest BCUT2D eigenvalue weighted by molar-refractivity contribution is 8.00. The molecule has 1 heterocycles.